The Kier molecular flexibility index (Phi) is 3.66. The number of amides is 1. The summed E-state index contributed by atoms with van der Waals surface area (Å²) in [6.07, 6.45) is 3.04. The van der Waals surface area contributed by atoms with E-state index in [-0.39, 0.29) is 6.09 Å². The Bertz CT molecular complexity index is 445. The molecule has 2 rings (SSSR count). The van der Waals surface area contributed by atoms with Crippen LogP contribution in [0.5, 0.6) is 0 Å². The van der Waals surface area contributed by atoms with Gasteiger partial charge in [-0.15, -0.1) is 11.3 Å². The van der Waals surface area contributed by atoms with Crippen LogP contribution in [0.1, 0.15) is 43.4 Å². The van der Waals surface area contributed by atoms with Gasteiger partial charge in [0, 0.05) is 16.3 Å². The number of thiophene rings is 1. The zero-order valence-electron chi connectivity index (χ0n) is 11.6. The number of carbonyl (C=O) groups excluding carboxylic acids is 1. The highest BCUT2D eigenvalue weighted by Crippen LogP contribution is 2.34. The normalized spacial score (nSPS) is 16.1. The van der Waals surface area contributed by atoms with Crippen LogP contribution in [0.2, 0.25) is 0 Å². The van der Waals surface area contributed by atoms with Crippen LogP contribution < -0.4 is 4.90 Å². The van der Waals surface area contributed by atoms with Crippen LogP contribution in [-0.2, 0) is 11.2 Å². The fraction of sp³-hybridized carbons (Fsp3) is 0.643. The highest BCUT2D eigenvalue weighted by atomic mass is 32.1. The summed E-state index contributed by atoms with van der Waals surface area (Å²) < 4.78 is 5.49. The molecule has 0 aliphatic carbocycles. The largest absolute Gasteiger partial charge is 0.443 e. The molecule has 0 atom stereocenters. The molecule has 1 aromatic rings. The molecule has 1 amide bonds. The molecule has 0 bridgehead atoms. The SMILES string of the molecule is Cc1cc2c(s1)CCCCN2C(=O)OC(C)(C)C. The summed E-state index contributed by atoms with van der Waals surface area (Å²) in [5.41, 5.74) is 0.624. The molecular formula is C14H21NO2S. The summed E-state index contributed by atoms with van der Waals surface area (Å²) in [6, 6.07) is 2.11. The van der Waals surface area contributed by atoms with Crippen molar-refractivity contribution < 1.29 is 9.53 Å². The molecule has 2 heterocycles. The first-order valence-corrected chi connectivity index (χ1v) is 7.28. The molecule has 100 valence electrons. The Morgan fingerprint density at radius 3 is 2.78 bits per heavy atom. The average molecular weight is 267 g/mol. The minimum absolute atomic E-state index is 0.219. The van der Waals surface area contributed by atoms with Crippen LogP contribution in [0.3, 0.4) is 0 Å². The summed E-state index contributed by atoms with van der Waals surface area (Å²) in [6.45, 7) is 8.57. The van der Waals surface area contributed by atoms with Gasteiger partial charge in [-0.05, 0) is 53.0 Å². The zero-order valence-corrected chi connectivity index (χ0v) is 12.4. The number of nitrogens with zero attached hydrogens (tertiary/aromatic N) is 1. The molecule has 3 nitrogen and oxygen atoms in total. The fourth-order valence-corrected chi connectivity index (χ4v) is 3.22. The number of hydrogen-bond acceptors (Lipinski definition) is 3. The van der Waals surface area contributed by atoms with Crippen LogP contribution in [0.25, 0.3) is 0 Å². The van der Waals surface area contributed by atoms with Crippen molar-refractivity contribution in [2.45, 2.75) is 52.6 Å². The van der Waals surface area contributed by atoms with Gasteiger partial charge < -0.3 is 4.74 Å². The number of anilines is 1. The van der Waals surface area contributed by atoms with Crippen molar-refractivity contribution in [2.24, 2.45) is 0 Å². The van der Waals surface area contributed by atoms with Gasteiger partial charge in [-0.2, -0.15) is 0 Å². The predicted molar refractivity (Wildman–Crippen MR) is 75.6 cm³/mol. The molecule has 0 radical (unpaired) electrons. The maximum Gasteiger partial charge on any atom is 0.414 e. The summed E-state index contributed by atoms with van der Waals surface area (Å²) in [5, 5.41) is 0. The fourth-order valence-electron chi connectivity index (χ4n) is 2.14. The zero-order chi connectivity index (χ0) is 13.3. The van der Waals surface area contributed by atoms with E-state index in [9.17, 15) is 4.79 Å². The van der Waals surface area contributed by atoms with Gasteiger partial charge in [0.25, 0.3) is 0 Å². The molecule has 1 aliphatic heterocycles. The summed E-state index contributed by atoms with van der Waals surface area (Å²) >= 11 is 1.79. The number of hydrogen-bond donors (Lipinski definition) is 0. The summed E-state index contributed by atoms with van der Waals surface area (Å²) in [4.78, 5) is 16.6. The Hall–Kier alpha value is -1.03. The Balaban J connectivity index is 2.24. The second-order valence-corrected chi connectivity index (χ2v) is 7.10. The van der Waals surface area contributed by atoms with E-state index in [0.717, 1.165) is 31.5 Å². The summed E-state index contributed by atoms with van der Waals surface area (Å²) in [7, 11) is 0. The number of carbonyl (C=O) groups is 1. The number of rotatable bonds is 0. The van der Waals surface area contributed by atoms with Gasteiger partial charge in [-0.1, -0.05) is 0 Å². The topological polar surface area (TPSA) is 29.5 Å². The number of aryl methyl sites for hydroxylation is 2. The molecule has 0 saturated heterocycles. The van der Waals surface area contributed by atoms with E-state index in [4.69, 9.17) is 4.74 Å². The first-order chi connectivity index (χ1) is 8.37. The predicted octanol–water partition coefficient (Wildman–Crippen LogP) is 4.13. The maximum atomic E-state index is 12.2. The molecule has 1 aliphatic rings. The van der Waals surface area contributed by atoms with Crippen LogP contribution in [0.4, 0.5) is 10.5 Å². The van der Waals surface area contributed by atoms with Gasteiger partial charge >= 0.3 is 6.09 Å². The van der Waals surface area contributed by atoms with Gasteiger partial charge in [-0.25, -0.2) is 4.79 Å². The lowest BCUT2D eigenvalue weighted by Gasteiger charge is -2.26. The van der Waals surface area contributed by atoms with Crippen molar-refractivity contribution in [1.29, 1.82) is 0 Å². The van der Waals surface area contributed by atoms with E-state index in [1.807, 2.05) is 20.8 Å². The first kappa shape index (κ1) is 13.4. The molecule has 0 N–H and O–H groups in total. The van der Waals surface area contributed by atoms with Gasteiger partial charge in [0.1, 0.15) is 5.60 Å². The maximum absolute atomic E-state index is 12.2. The highest BCUT2D eigenvalue weighted by Gasteiger charge is 2.27. The van der Waals surface area contributed by atoms with Crippen molar-refractivity contribution >= 4 is 23.1 Å². The van der Waals surface area contributed by atoms with E-state index >= 15 is 0 Å². The second kappa shape index (κ2) is 4.92. The third-order valence-electron chi connectivity index (χ3n) is 2.85. The standard InChI is InChI=1S/C14H21NO2S/c1-10-9-11-12(18-10)7-5-6-8-15(11)13(16)17-14(2,3)4/h9H,5-8H2,1-4H3. The Labute approximate surface area is 113 Å². The van der Waals surface area contributed by atoms with E-state index in [1.54, 1.807) is 16.2 Å². The molecule has 0 saturated carbocycles. The highest BCUT2D eigenvalue weighted by molar-refractivity contribution is 7.12. The third-order valence-corrected chi connectivity index (χ3v) is 3.95. The first-order valence-electron chi connectivity index (χ1n) is 6.46. The van der Waals surface area contributed by atoms with Gasteiger partial charge in [0.05, 0.1) is 5.69 Å². The van der Waals surface area contributed by atoms with Crippen LogP contribution >= 0.6 is 11.3 Å². The van der Waals surface area contributed by atoms with Crippen molar-refractivity contribution in [1.82, 2.24) is 0 Å². The number of ether oxygens (including phenoxy) is 1. The monoisotopic (exact) mass is 267 g/mol. The molecule has 0 spiro atoms. The van der Waals surface area contributed by atoms with Crippen molar-refractivity contribution in [3.63, 3.8) is 0 Å². The van der Waals surface area contributed by atoms with Crippen molar-refractivity contribution in [2.75, 3.05) is 11.4 Å². The quantitative estimate of drug-likeness (QED) is 0.707. The van der Waals surface area contributed by atoms with Gasteiger partial charge in [0.15, 0.2) is 0 Å². The molecule has 18 heavy (non-hydrogen) atoms. The van der Waals surface area contributed by atoms with Crippen molar-refractivity contribution in [3.8, 4) is 0 Å². The number of fused-ring (bicyclic) bond motifs is 1. The van der Waals surface area contributed by atoms with Crippen molar-refractivity contribution in [3.05, 3.63) is 15.8 Å². The molecule has 0 fully saturated rings. The van der Waals surface area contributed by atoms with E-state index in [0.29, 0.717) is 0 Å². The molecule has 0 aromatic carbocycles. The Morgan fingerprint density at radius 1 is 1.39 bits per heavy atom. The molecular weight excluding hydrogens is 246 g/mol. The van der Waals surface area contributed by atoms with Crippen LogP contribution in [-0.4, -0.2) is 18.2 Å². The lowest BCUT2D eigenvalue weighted by molar-refractivity contribution is 0.0580. The van der Waals surface area contributed by atoms with E-state index < -0.39 is 5.60 Å². The second-order valence-electron chi connectivity index (χ2n) is 5.75. The average Bonchev–Trinajstić information content (AvgIpc) is 2.45. The lowest BCUT2D eigenvalue weighted by atomic mass is 10.2. The molecule has 1 aromatic heterocycles. The van der Waals surface area contributed by atoms with E-state index in [2.05, 4.69) is 13.0 Å². The lowest BCUT2D eigenvalue weighted by Crippen LogP contribution is -2.37. The minimum Gasteiger partial charge on any atom is -0.443 e. The molecule has 0 unspecified atom stereocenters. The summed E-state index contributed by atoms with van der Waals surface area (Å²) in [5.74, 6) is 0. The van der Waals surface area contributed by atoms with Crippen LogP contribution in [0, 0.1) is 6.92 Å². The van der Waals surface area contributed by atoms with Crippen LogP contribution in [0.15, 0.2) is 6.07 Å². The van der Waals surface area contributed by atoms with E-state index in [1.165, 1.54) is 9.75 Å². The van der Waals surface area contributed by atoms with Gasteiger partial charge in [0.2, 0.25) is 0 Å². The minimum atomic E-state index is -0.436. The van der Waals surface area contributed by atoms with Gasteiger partial charge in [-0.3, -0.25) is 4.90 Å². The molecule has 4 heteroatoms. The smallest absolute Gasteiger partial charge is 0.414 e. The third kappa shape index (κ3) is 3.05. The Morgan fingerprint density at radius 2 is 2.11 bits per heavy atom.